The van der Waals surface area contributed by atoms with Gasteiger partial charge in [0.15, 0.2) is 0 Å². The second kappa shape index (κ2) is 7.17. The van der Waals surface area contributed by atoms with E-state index < -0.39 is 5.91 Å². The Morgan fingerprint density at radius 2 is 1.79 bits per heavy atom. The number of carbonyl (C=O) groups excluding carboxylic acids is 1. The van der Waals surface area contributed by atoms with Crippen molar-refractivity contribution in [2.45, 2.75) is 0 Å². The van der Waals surface area contributed by atoms with E-state index in [4.69, 9.17) is 11.6 Å². The first-order valence-corrected chi connectivity index (χ1v) is 8.78. The van der Waals surface area contributed by atoms with E-state index in [1.807, 2.05) is 0 Å². The summed E-state index contributed by atoms with van der Waals surface area (Å²) in [5.74, 6) is -0.604. The van der Waals surface area contributed by atoms with Crippen LogP contribution in [0.25, 0.3) is 16.6 Å². The van der Waals surface area contributed by atoms with E-state index in [0.29, 0.717) is 21.6 Å². The number of aromatic hydroxyl groups is 1. The molecule has 4 rings (SSSR count). The summed E-state index contributed by atoms with van der Waals surface area (Å²) in [6.07, 6.45) is 1.40. The van der Waals surface area contributed by atoms with Crippen molar-refractivity contribution in [1.29, 1.82) is 0 Å². The number of anilines is 1. The maximum atomic E-state index is 12.9. The molecule has 6 nitrogen and oxygen atoms in total. The normalized spacial score (nSPS) is 10.8. The number of benzene rings is 3. The molecule has 0 aliphatic rings. The molecule has 0 aliphatic heterocycles. The quantitative estimate of drug-likeness (QED) is 0.517. The van der Waals surface area contributed by atoms with Crippen LogP contribution in [0.3, 0.4) is 0 Å². The van der Waals surface area contributed by atoms with Crippen molar-refractivity contribution in [2.24, 2.45) is 0 Å². The monoisotopic (exact) mass is 391 g/mol. The van der Waals surface area contributed by atoms with Gasteiger partial charge in [-0.2, -0.15) is 0 Å². The largest absolute Gasteiger partial charge is 0.506 e. The van der Waals surface area contributed by atoms with Gasteiger partial charge in [0.25, 0.3) is 11.5 Å². The van der Waals surface area contributed by atoms with Gasteiger partial charge >= 0.3 is 0 Å². The van der Waals surface area contributed by atoms with Gasteiger partial charge in [-0.05, 0) is 42.5 Å². The predicted octanol–water partition coefficient (Wildman–Crippen LogP) is 4.00. The average Bonchev–Trinajstić information content (AvgIpc) is 2.71. The number of carbonyl (C=O) groups is 1. The molecule has 0 saturated heterocycles. The van der Waals surface area contributed by atoms with E-state index in [1.165, 1.54) is 29.1 Å². The van der Waals surface area contributed by atoms with Gasteiger partial charge in [-0.25, -0.2) is 4.98 Å². The van der Waals surface area contributed by atoms with Gasteiger partial charge in [0.1, 0.15) is 12.1 Å². The van der Waals surface area contributed by atoms with E-state index in [1.54, 1.807) is 48.5 Å². The van der Waals surface area contributed by atoms with Crippen LogP contribution >= 0.6 is 11.6 Å². The average molecular weight is 392 g/mol. The van der Waals surface area contributed by atoms with Crippen molar-refractivity contribution < 1.29 is 9.90 Å². The van der Waals surface area contributed by atoms with E-state index in [0.717, 1.165) is 0 Å². The summed E-state index contributed by atoms with van der Waals surface area (Å²) < 4.78 is 1.33. The highest BCUT2D eigenvalue weighted by Gasteiger charge is 2.16. The molecule has 0 fully saturated rings. The van der Waals surface area contributed by atoms with Crippen LogP contribution in [0.15, 0.2) is 77.9 Å². The third kappa shape index (κ3) is 3.21. The lowest BCUT2D eigenvalue weighted by molar-refractivity contribution is 0.102. The second-order valence-corrected chi connectivity index (χ2v) is 6.51. The van der Waals surface area contributed by atoms with Crippen LogP contribution in [-0.4, -0.2) is 20.6 Å². The summed E-state index contributed by atoms with van der Waals surface area (Å²) in [5.41, 5.74) is 1.10. The molecule has 0 saturated carbocycles. The topological polar surface area (TPSA) is 84.2 Å². The van der Waals surface area contributed by atoms with E-state index in [-0.39, 0.29) is 22.6 Å². The van der Waals surface area contributed by atoms with Crippen molar-refractivity contribution in [3.8, 4) is 11.4 Å². The van der Waals surface area contributed by atoms with Crippen molar-refractivity contribution in [3.05, 3.63) is 94.0 Å². The van der Waals surface area contributed by atoms with Crippen LogP contribution in [-0.2, 0) is 0 Å². The third-order valence-electron chi connectivity index (χ3n) is 4.28. The number of phenols is 1. The van der Waals surface area contributed by atoms with E-state index in [2.05, 4.69) is 10.3 Å². The lowest BCUT2D eigenvalue weighted by atomic mass is 10.1. The molecule has 1 aromatic heterocycles. The summed E-state index contributed by atoms with van der Waals surface area (Å²) in [6, 6.07) is 18.0. The highest BCUT2D eigenvalue weighted by Crippen LogP contribution is 2.27. The lowest BCUT2D eigenvalue weighted by Gasteiger charge is -2.13. The van der Waals surface area contributed by atoms with Crippen molar-refractivity contribution in [1.82, 2.24) is 9.55 Å². The Bertz CT molecular complexity index is 1270. The van der Waals surface area contributed by atoms with E-state index in [9.17, 15) is 14.7 Å². The van der Waals surface area contributed by atoms with Crippen LogP contribution < -0.4 is 10.9 Å². The third-order valence-corrected chi connectivity index (χ3v) is 4.52. The van der Waals surface area contributed by atoms with Crippen LogP contribution in [0.5, 0.6) is 5.75 Å². The summed E-state index contributed by atoms with van der Waals surface area (Å²) in [5, 5.41) is 13.4. The molecule has 0 spiro atoms. The maximum absolute atomic E-state index is 12.9. The lowest BCUT2D eigenvalue weighted by Crippen LogP contribution is -2.22. The summed E-state index contributed by atoms with van der Waals surface area (Å²) in [6.45, 7) is 0. The van der Waals surface area contributed by atoms with Gasteiger partial charge in [-0.3, -0.25) is 14.2 Å². The van der Waals surface area contributed by atoms with Gasteiger partial charge in [0.05, 0.1) is 27.8 Å². The number of aromatic nitrogens is 2. The fourth-order valence-electron chi connectivity index (χ4n) is 2.91. The number of nitrogens with one attached hydrogen (secondary N) is 1. The first-order chi connectivity index (χ1) is 13.5. The molecule has 2 N–H and O–H groups in total. The van der Waals surface area contributed by atoms with Crippen LogP contribution in [0.1, 0.15) is 10.4 Å². The number of phenolic OH excluding ortho intramolecular Hbond substituents is 1. The molecule has 28 heavy (non-hydrogen) atoms. The summed E-state index contributed by atoms with van der Waals surface area (Å²) in [4.78, 5) is 30.0. The molecule has 0 radical (unpaired) electrons. The van der Waals surface area contributed by atoms with E-state index >= 15 is 0 Å². The molecule has 4 aromatic rings. The number of rotatable bonds is 3. The Morgan fingerprint density at radius 3 is 2.64 bits per heavy atom. The molecule has 0 unspecified atom stereocenters. The number of nitrogens with zero attached hydrogens (tertiary/aromatic N) is 2. The minimum Gasteiger partial charge on any atom is -0.506 e. The number of hydrogen-bond acceptors (Lipinski definition) is 4. The highest BCUT2D eigenvalue weighted by molar-refractivity contribution is 6.31. The first kappa shape index (κ1) is 17.8. The number of halogens is 1. The molecular formula is C21H14ClN3O3. The summed E-state index contributed by atoms with van der Waals surface area (Å²) in [7, 11) is 0. The Kier molecular flexibility index (Phi) is 4.55. The molecule has 0 bridgehead atoms. The zero-order valence-corrected chi connectivity index (χ0v) is 15.2. The number of hydrogen-bond donors (Lipinski definition) is 2. The van der Waals surface area contributed by atoms with Crippen molar-refractivity contribution >= 4 is 34.1 Å². The Labute approximate surface area is 164 Å². The predicted molar refractivity (Wildman–Crippen MR) is 108 cm³/mol. The number of fused-ring (bicyclic) bond motifs is 1. The Hall–Kier alpha value is -3.64. The van der Waals surface area contributed by atoms with Crippen molar-refractivity contribution in [3.63, 3.8) is 0 Å². The maximum Gasteiger partial charge on any atom is 0.265 e. The molecule has 1 amide bonds. The number of amides is 1. The van der Waals surface area contributed by atoms with Gasteiger partial charge in [0.2, 0.25) is 0 Å². The fourth-order valence-corrected chi connectivity index (χ4v) is 3.09. The van der Waals surface area contributed by atoms with Gasteiger partial charge in [0, 0.05) is 5.02 Å². The highest BCUT2D eigenvalue weighted by atomic mass is 35.5. The van der Waals surface area contributed by atoms with Crippen molar-refractivity contribution in [2.75, 3.05) is 5.32 Å². The Balaban J connectivity index is 1.79. The molecule has 0 aliphatic carbocycles. The molecule has 0 atom stereocenters. The van der Waals surface area contributed by atoms with Crippen LogP contribution in [0.2, 0.25) is 5.02 Å². The smallest absolute Gasteiger partial charge is 0.265 e. The molecule has 1 heterocycles. The minimum atomic E-state index is -0.492. The van der Waals surface area contributed by atoms with Crippen LogP contribution in [0, 0.1) is 0 Å². The van der Waals surface area contributed by atoms with Gasteiger partial charge in [-0.1, -0.05) is 35.9 Å². The minimum absolute atomic E-state index is 0.111. The zero-order valence-electron chi connectivity index (χ0n) is 14.5. The summed E-state index contributed by atoms with van der Waals surface area (Å²) >= 11 is 5.93. The Morgan fingerprint density at radius 1 is 1.04 bits per heavy atom. The molecule has 138 valence electrons. The standard InChI is InChI=1S/C21H14ClN3O3/c22-13-9-10-19(26)17(11-13)24-20(27)15-6-2-4-8-18(15)25-12-23-16-7-3-1-5-14(16)21(25)28/h1-12,26H,(H,24,27). The first-order valence-electron chi connectivity index (χ1n) is 8.40. The second-order valence-electron chi connectivity index (χ2n) is 6.07. The zero-order chi connectivity index (χ0) is 19.7. The molecule has 3 aromatic carbocycles. The van der Waals surface area contributed by atoms with Gasteiger partial charge in [-0.15, -0.1) is 0 Å². The fraction of sp³-hybridized carbons (Fsp3) is 0. The molecule has 7 heteroatoms. The molecular weight excluding hydrogens is 378 g/mol. The van der Waals surface area contributed by atoms with Crippen LogP contribution in [0.4, 0.5) is 5.69 Å². The SMILES string of the molecule is O=C(Nc1cc(Cl)ccc1O)c1ccccc1-n1cnc2ccccc2c1=O. The number of para-hydroxylation sites is 2. The van der Waals surface area contributed by atoms with Gasteiger partial charge < -0.3 is 10.4 Å².